The van der Waals surface area contributed by atoms with Gasteiger partial charge in [0.1, 0.15) is 0 Å². The second-order valence-electron chi connectivity index (χ2n) is 4.25. The summed E-state index contributed by atoms with van der Waals surface area (Å²) in [5.41, 5.74) is 0. The molecule has 0 saturated carbocycles. The smallest absolute Gasteiger partial charge is 0.00161 e. The summed E-state index contributed by atoms with van der Waals surface area (Å²) in [5.74, 6) is 0.782. The average Bonchev–Trinajstić information content (AvgIpc) is 2.25. The topological polar surface area (TPSA) is 3.24 Å². The average molecular weight is 193 g/mol. The SMILES string of the molecule is CCCCN(C)CCC1C=CC=CC1. The lowest BCUT2D eigenvalue weighted by molar-refractivity contribution is 0.307. The van der Waals surface area contributed by atoms with Gasteiger partial charge in [-0.15, -0.1) is 0 Å². The van der Waals surface area contributed by atoms with Gasteiger partial charge in [-0.25, -0.2) is 0 Å². The van der Waals surface area contributed by atoms with Gasteiger partial charge in [-0.3, -0.25) is 0 Å². The van der Waals surface area contributed by atoms with E-state index < -0.39 is 0 Å². The van der Waals surface area contributed by atoms with E-state index in [1.54, 1.807) is 0 Å². The van der Waals surface area contributed by atoms with Crippen LogP contribution in [0.3, 0.4) is 0 Å². The molecule has 1 atom stereocenters. The van der Waals surface area contributed by atoms with Gasteiger partial charge in [0.2, 0.25) is 0 Å². The molecule has 1 rings (SSSR count). The molecule has 1 aliphatic rings. The first-order valence-corrected chi connectivity index (χ1v) is 5.84. The van der Waals surface area contributed by atoms with Gasteiger partial charge in [0, 0.05) is 0 Å². The quantitative estimate of drug-likeness (QED) is 0.626. The van der Waals surface area contributed by atoms with Gasteiger partial charge in [0.15, 0.2) is 0 Å². The lowest BCUT2D eigenvalue weighted by Gasteiger charge is -2.19. The molecule has 0 aliphatic heterocycles. The number of hydrogen-bond donors (Lipinski definition) is 0. The van der Waals surface area contributed by atoms with Crippen LogP contribution in [0.15, 0.2) is 24.3 Å². The van der Waals surface area contributed by atoms with E-state index in [0.717, 1.165) is 5.92 Å². The Morgan fingerprint density at radius 3 is 2.79 bits per heavy atom. The number of nitrogens with zero attached hydrogens (tertiary/aromatic N) is 1. The molecule has 0 amide bonds. The minimum atomic E-state index is 0.782. The minimum absolute atomic E-state index is 0.782. The molecule has 0 aromatic heterocycles. The van der Waals surface area contributed by atoms with Gasteiger partial charge in [-0.1, -0.05) is 37.6 Å². The minimum Gasteiger partial charge on any atom is -0.306 e. The van der Waals surface area contributed by atoms with E-state index in [2.05, 4.69) is 43.2 Å². The van der Waals surface area contributed by atoms with Crippen molar-refractivity contribution in [2.45, 2.75) is 32.6 Å². The van der Waals surface area contributed by atoms with Crippen LogP contribution < -0.4 is 0 Å². The van der Waals surface area contributed by atoms with Crippen LogP contribution in [0.4, 0.5) is 0 Å². The van der Waals surface area contributed by atoms with Crippen LogP contribution in [0, 0.1) is 5.92 Å². The van der Waals surface area contributed by atoms with Crippen molar-refractivity contribution in [1.82, 2.24) is 4.90 Å². The molecule has 0 aromatic rings. The molecule has 0 heterocycles. The van der Waals surface area contributed by atoms with E-state index in [9.17, 15) is 0 Å². The molecule has 1 nitrogen and oxygen atoms in total. The first-order valence-electron chi connectivity index (χ1n) is 5.84. The Labute approximate surface area is 88.5 Å². The zero-order valence-corrected chi connectivity index (χ0v) is 9.58. The highest BCUT2D eigenvalue weighted by Crippen LogP contribution is 2.15. The van der Waals surface area contributed by atoms with Gasteiger partial charge < -0.3 is 4.90 Å². The summed E-state index contributed by atoms with van der Waals surface area (Å²) >= 11 is 0. The van der Waals surface area contributed by atoms with Crippen LogP contribution in [0.2, 0.25) is 0 Å². The molecular formula is C13H23N. The second-order valence-corrected chi connectivity index (χ2v) is 4.25. The molecule has 1 aliphatic carbocycles. The predicted octanol–water partition coefficient (Wildman–Crippen LogP) is 3.24. The first-order chi connectivity index (χ1) is 6.83. The number of unbranched alkanes of at least 4 members (excludes halogenated alkanes) is 1. The van der Waals surface area contributed by atoms with Gasteiger partial charge in [0.05, 0.1) is 0 Å². The lowest BCUT2D eigenvalue weighted by Crippen LogP contribution is -2.22. The fraction of sp³-hybridized carbons (Fsp3) is 0.692. The maximum absolute atomic E-state index is 2.45. The molecule has 1 unspecified atom stereocenters. The summed E-state index contributed by atoms with van der Waals surface area (Å²) < 4.78 is 0. The number of allylic oxidation sites excluding steroid dienone is 4. The molecule has 0 radical (unpaired) electrons. The van der Waals surface area contributed by atoms with E-state index in [0.29, 0.717) is 0 Å². The van der Waals surface area contributed by atoms with Gasteiger partial charge in [-0.05, 0) is 45.3 Å². The molecule has 0 aromatic carbocycles. The molecule has 0 fully saturated rings. The van der Waals surface area contributed by atoms with Crippen LogP contribution in [0.5, 0.6) is 0 Å². The zero-order valence-electron chi connectivity index (χ0n) is 9.58. The van der Waals surface area contributed by atoms with Crippen molar-refractivity contribution >= 4 is 0 Å². The fourth-order valence-corrected chi connectivity index (χ4v) is 1.77. The van der Waals surface area contributed by atoms with E-state index in [1.807, 2.05) is 0 Å². The summed E-state index contributed by atoms with van der Waals surface area (Å²) in [5, 5.41) is 0. The van der Waals surface area contributed by atoms with Crippen molar-refractivity contribution < 1.29 is 0 Å². The Balaban J connectivity index is 2.07. The van der Waals surface area contributed by atoms with Crippen LogP contribution in [-0.4, -0.2) is 25.0 Å². The summed E-state index contributed by atoms with van der Waals surface area (Å²) in [7, 11) is 2.23. The van der Waals surface area contributed by atoms with Crippen LogP contribution in [-0.2, 0) is 0 Å². The number of rotatable bonds is 6. The summed E-state index contributed by atoms with van der Waals surface area (Å²) in [6, 6.07) is 0. The predicted molar refractivity (Wildman–Crippen MR) is 63.4 cm³/mol. The van der Waals surface area contributed by atoms with E-state index in [4.69, 9.17) is 0 Å². The van der Waals surface area contributed by atoms with Gasteiger partial charge in [0.25, 0.3) is 0 Å². The van der Waals surface area contributed by atoms with Crippen LogP contribution >= 0.6 is 0 Å². The van der Waals surface area contributed by atoms with Crippen LogP contribution in [0.25, 0.3) is 0 Å². The molecular weight excluding hydrogens is 170 g/mol. The van der Waals surface area contributed by atoms with Crippen molar-refractivity contribution in [1.29, 1.82) is 0 Å². The van der Waals surface area contributed by atoms with Crippen molar-refractivity contribution in [2.75, 3.05) is 20.1 Å². The molecule has 0 spiro atoms. The lowest BCUT2D eigenvalue weighted by atomic mass is 9.97. The summed E-state index contributed by atoms with van der Waals surface area (Å²) in [4.78, 5) is 2.45. The molecule has 0 saturated heterocycles. The van der Waals surface area contributed by atoms with E-state index in [-0.39, 0.29) is 0 Å². The standard InChI is InChI=1S/C13H23N/c1-3-4-11-14(2)12-10-13-8-6-5-7-9-13/h5-8,13H,3-4,9-12H2,1-2H3. The Morgan fingerprint density at radius 2 is 2.14 bits per heavy atom. The highest BCUT2D eigenvalue weighted by atomic mass is 15.1. The third kappa shape index (κ3) is 4.61. The summed E-state index contributed by atoms with van der Waals surface area (Å²) in [6.45, 7) is 4.74. The normalized spacial score (nSPS) is 20.6. The van der Waals surface area contributed by atoms with Crippen LogP contribution in [0.1, 0.15) is 32.6 Å². The number of hydrogen-bond acceptors (Lipinski definition) is 1. The fourth-order valence-electron chi connectivity index (χ4n) is 1.77. The second kappa shape index (κ2) is 6.83. The zero-order chi connectivity index (χ0) is 10.2. The molecule has 14 heavy (non-hydrogen) atoms. The van der Waals surface area contributed by atoms with Gasteiger partial charge >= 0.3 is 0 Å². The molecule has 0 N–H and O–H groups in total. The largest absolute Gasteiger partial charge is 0.306 e. The Bertz CT molecular complexity index is 193. The highest BCUT2D eigenvalue weighted by Gasteiger charge is 2.06. The van der Waals surface area contributed by atoms with E-state index in [1.165, 1.54) is 38.8 Å². The first kappa shape index (κ1) is 11.5. The van der Waals surface area contributed by atoms with Crippen molar-refractivity contribution in [3.8, 4) is 0 Å². The van der Waals surface area contributed by atoms with E-state index >= 15 is 0 Å². The van der Waals surface area contributed by atoms with Crippen molar-refractivity contribution in [3.05, 3.63) is 24.3 Å². The Morgan fingerprint density at radius 1 is 1.29 bits per heavy atom. The maximum Gasteiger partial charge on any atom is -0.00161 e. The summed E-state index contributed by atoms with van der Waals surface area (Å²) in [6.07, 6.45) is 14.1. The Hall–Kier alpha value is -0.560. The van der Waals surface area contributed by atoms with Gasteiger partial charge in [-0.2, -0.15) is 0 Å². The monoisotopic (exact) mass is 193 g/mol. The Kier molecular flexibility index (Phi) is 5.62. The third-order valence-electron chi connectivity index (χ3n) is 2.84. The van der Waals surface area contributed by atoms with Crippen molar-refractivity contribution in [2.24, 2.45) is 5.92 Å². The molecule has 80 valence electrons. The van der Waals surface area contributed by atoms with Crippen molar-refractivity contribution in [3.63, 3.8) is 0 Å². The molecule has 1 heteroatoms. The maximum atomic E-state index is 2.45. The highest BCUT2D eigenvalue weighted by molar-refractivity contribution is 5.10. The molecule has 0 bridgehead atoms. The third-order valence-corrected chi connectivity index (χ3v) is 2.84.